The summed E-state index contributed by atoms with van der Waals surface area (Å²) in [4.78, 5) is 22.5. The van der Waals surface area contributed by atoms with Crippen molar-refractivity contribution in [1.82, 2.24) is 10.6 Å². The van der Waals surface area contributed by atoms with Crippen molar-refractivity contribution in [2.24, 2.45) is 0 Å². The zero-order valence-electron chi connectivity index (χ0n) is 10.9. The molecule has 3 N–H and O–H groups in total. The lowest BCUT2D eigenvalue weighted by atomic mass is 9.98. The highest BCUT2D eigenvalue weighted by Gasteiger charge is 2.32. The number of carboxylic acid groups (broad SMARTS) is 1. The van der Waals surface area contributed by atoms with Crippen molar-refractivity contribution in [1.29, 1.82) is 0 Å². The molecule has 0 saturated heterocycles. The molecule has 0 rings (SSSR count). The van der Waals surface area contributed by atoms with Crippen LogP contribution in [0.3, 0.4) is 0 Å². The molecule has 1 atom stereocenters. The van der Waals surface area contributed by atoms with Crippen LogP contribution in [0.15, 0.2) is 0 Å². The van der Waals surface area contributed by atoms with Crippen LogP contribution in [0.2, 0.25) is 0 Å². The third-order valence-electron chi connectivity index (χ3n) is 2.37. The smallest absolute Gasteiger partial charge is 0.323 e. The van der Waals surface area contributed by atoms with Gasteiger partial charge in [0, 0.05) is 19.8 Å². The van der Waals surface area contributed by atoms with Crippen LogP contribution in [0.4, 0.5) is 0 Å². The van der Waals surface area contributed by atoms with E-state index in [1.807, 2.05) is 13.8 Å². The van der Waals surface area contributed by atoms with Gasteiger partial charge in [0.1, 0.15) is 5.54 Å². The number of amides is 1. The van der Waals surface area contributed by atoms with E-state index in [9.17, 15) is 9.59 Å². The van der Waals surface area contributed by atoms with Crippen LogP contribution in [0, 0.1) is 0 Å². The minimum Gasteiger partial charge on any atom is -0.480 e. The highest BCUT2D eigenvalue weighted by molar-refractivity contribution is 5.82. The van der Waals surface area contributed by atoms with Gasteiger partial charge in [-0.2, -0.15) is 0 Å². The maximum absolute atomic E-state index is 11.4. The molecular weight excluding hydrogens is 224 g/mol. The van der Waals surface area contributed by atoms with Gasteiger partial charge in [-0.25, -0.2) is 0 Å². The van der Waals surface area contributed by atoms with Gasteiger partial charge in [0.15, 0.2) is 0 Å². The first-order valence-electron chi connectivity index (χ1n) is 5.58. The largest absolute Gasteiger partial charge is 0.480 e. The number of hydrogen-bond acceptors (Lipinski definition) is 4. The van der Waals surface area contributed by atoms with Crippen molar-refractivity contribution in [3.63, 3.8) is 0 Å². The van der Waals surface area contributed by atoms with E-state index in [4.69, 9.17) is 9.84 Å². The van der Waals surface area contributed by atoms with Crippen molar-refractivity contribution in [3.8, 4) is 0 Å². The molecule has 1 unspecified atom stereocenters. The van der Waals surface area contributed by atoms with Crippen molar-refractivity contribution in [2.75, 3.05) is 20.3 Å². The summed E-state index contributed by atoms with van der Waals surface area (Å²) in [5.41, 5.74) is -1.15. The van der Waals surface area contributed by atoms with Crippen LogP contribution in [0.25, 0.3) is 0 Å². The molecular formula is C11H22N2O4. The van der Waals surface area contributed by atoms with Crippen LogP contribution >= 0.6 is 0 Å². The molecule has 100 valence electrons. The molecule has 1 amide bonds. The standard InChI is InChI=1S/C11H22N2O4/c1-8(2)13-9(14)7-12-11(3,10(15)16)5-6-17-4/h8,12H,5-7H2,1-4H3,(H,13,14)(H,15,16). The average molecular weight is 246 g/mol. The summed E-state index contributed by atoms with van der Waals surface area (Å²) in [7, 11) is 1.51. The Labute approximate surface area is 102 Å². The van der Waals surface area contributed by atoms with Gasteiger partial charge >= 0.3 is 5.97 Å². The lowest BCUT2D eigenvalue weighted by Gasteiger charge is -2.26. The number of carboxylic acids is 1. The first-order chi connectivity index (χ1) is 7.81. The summed E-state index contributed by atoms with van der Waals surface area (Å²) in [6, 6.07) is 0.0411. The van der Waals surface area contributed by atoms with Gasteiger partial charge < -0.3 is 15.2 Å². The van der Waals surface area contributed by atoms with E-state index in [0.717, 1.165) is 0 Å². The van der Waals surface area contributed by atoms with E-state index >= 15 is 0 Å². The summed E-state index contributed by atoms with van der Waals surface area (Å²) >= 11 is 0. The van der Waals surface area contributed by atoms with Crippen LogP contribution < -0.4 is 10.6 Å². The molecule has 0 aliphatic heterocycles. The van der Waals surface area contributed by atoms with Gasteiger partial charge in [0.25, 0.3) is 0 Å². The van der Waals surface area contributed by atoms with Crippen molar-refractivity contribution in [2.45, 2.75) is 38.8 Å². The van der Waals surface area contributed by atoms with Gasteiger partial charge in [-0.3, -0.25) is 14.9 Å². The van der Waals surface area contributed by atoms with E-state index in [-0.39, 0.29) is 18.5 Å². The molecule has 0 radical (unpaired) electrons. The molecule has 17 heavy (non-hydrogen) atoms. The van der Waals surface area contributed by atoms with E-state index in [1.165, 1.54) is 14.0 Å². The number of carbonyl (C=O) groups excluding carboxylic acids is 1. The molecule has 6 nitrogen and oxygen atoms in total. The minimum atomic E-state index is -1.15. The Morgan fingerprint density at radius 2 is 2.00 bits per heavy atom. The van der Waals surface area contributed by atoms with Crippen molar-refractivity contribution < 1.29 is 19.4 Å². The maximum atomic E-state index is 11.4. The fraction of sp³-hybridized carbons (Fsp3) is 0.818. The van der Waals surface area contributed by atoms with E-state index in [1.54, 1.807) is 0 Å². The first-order valence-corrected chi connectivity index (χ1v) is 5.58. The predicted molar refractivity (Wildman–Crippen MR) is 63.8 cm³/mol. The molecule has 0 fully saturated rings. The van der Waals surface area contributed by atoms with Gasteiger partial charge in [0.05, 0.1) is 6.54 Å². The number of ether oxygens (including phenoxy) is 1. The Balaban J connectivity index is 4.26. The molecule has 0 aromatic rings. The second-order valence-corrected chi connectivity index (χ2v) is 4.46. The Morgan fingerprint density at radius 1 is 1.41 bits per heavy atom. The topological polar surface area (TPSA) is 87.7 Å². The average Bonchev–Trinajstić information content (AvgIpc) is 2.22. The molecule has 6 heteroatoms. The van der Waals surface area contributed by atoms with Crippen molar-refractivity contribution >= 4 is 11.9 Å². The second kappa shape index (κ2) is 7.24. The maximum Gasteiger partial charge on any atom is 0.323 e. The molecule has 0 heterocycles. The third kappa shape index (κ3) is 6.23. The zero-order chi connectivity index (χ0) is 13.5. The van der Waals surface area contributed by atoms with E-state index in [2.05, 4.69) is 10.6 Å². The summed E-state index contributed by atoms with van der Waals surface area (Å²) in [5, 5.41) is 14.5. The highest BCUT2D eigenvalue weighted by Crippen LogP contribution is 2.09. The van der Waals surface area contributed by atoms with E-state index in [0.29, 0.717) is 13.0 Å². The molecule has 0 aliphatic carbocycles. The zero-order valence-corrected chi connectivity index (χ0v) is 10.9. The third-order valence-corrected chi connectivity index (χ3v) is 2.37. The van der Waals surface area contributed by atoms with Crippen LogP contribution in [0.1, 0.15) is 27.2 Å². The number of aliphatic carboxylic acids is 1. The summed E-state index contributed by atoms with van der Waals surface area (Å²) in [5.74, 6) is -1.21. The van der Waals surface area contributed by atoms with Gasteiger partial charge in [0.2, 0.25) is 5.91 Å². The lowest BCUT2D eigenvalue weighted by molar-refractivity contribution is -0.145. The lowest BCUT2D eigenvalue weighted by Crippen LogP contribution is -2.53. The van der Waals surface area contributed by atoms with Gasteiger partial charge in [-0.1, -0.05) is 0 Å². The Hall–Kier alpha value is -1.14. The van der Waals surface area contributed by atoms with Crippen LogP contribution in [-0.2, 0) is 14.3 Å². The normalized spacial score (nSPS) is 14.4. The molecule has 0 aliphatic rings. The SMILES string of the molecule is COCCC(C)(NCC(=O)NC(C)C)C(=O)O. The quantitative estimate of drug-likeness (QED) is 0.560. The van der Waals surface area contributed by atoms with Crippen LogP contribution in [-0.4, -0.2) is 48.8 Å². The number of carbonyl (C=O) groups is 2. The number of nitrogens with one attached hydrogen (secondary N) is 2. The van der Waals surface area contributed by atoms with Crippen LogP contribution in [0.5, 0.6) is 0 Å². The Bertz CT molecular complexity index is 268. The van der Waals surface area contributed by atoms with Gasteiger partial charge in [-0.05, 0) is 27.2 Å². The summed E-state index contributed by atoms with van der Waals surface area (Å²) in [6.07, 6.45) is 0.299. The number of methoxy groups -OCH3 is 1. The molecule has 0 saturated carbocycles. The monoisotopic (exact) mass is 246 g/mol. The summed E-state index contributed by atoms with van der Waals surface area (Å²) < 4.78 is 4.86. The minimum absolute atomic E-state index is 0.0231. The Kier molecular flexibility index (Phi) is 6.75. The molecule has 0 bridgehead atoms. The predicted octanol–water partition coefficient (Wildman–Crippen LogP) is -0.0196. The fourth-order valence-electron chi connectivity index (χ4n) is 1.23. The molecule has 0 aromatic carbocycles. The molecule has 0 spiro atoms. The first kappa shape index (κ1) is 15.9. The second-order valence-electron chi connectivity index (χ2n) is 4.46. The summed E-state index contributed by atoms with van der Waals surface area (Å²) in [6.45, 7) is 5.53. The number of hydrogen-bond donors (Lipinski definition) is 3. The van der Waals surface area contributed by atoms with E-state index < -0.39 is 11.5 Å². The fourth-order valence-corrected chi connectivity index (χ4v) is 1.23. The molecule has 0 aromatic heterocycles. The Morgan fingerprint density at radius 3 is 2.41 bits per heavy atom. The van der Waals surface area contributed by atoms with Gasteiger partial charge in [-0.15, -0.1) is 0 Å². The highest BCUT2D eigenvalue weighted by atomic mass is 16.5. The van der Waals surface area contributed by atoms with Crippen molar-refractivity contribution in [3.05, 3.63) is 0 Å². The number of rotatable bonds is 8.